The van der Waals surface area contributed by atoms with E-state index in [0.29, 0.717) is 10.8 Å². The van der Waals surface area contributed by atoms with E-state index < -0.39 is 5.82 Å². The van der Waals surface area contributed by atoms with E-state index in [4.69, 9.17) is 16.3 Å². The van der Waals surface area contributed by atoms with Crippen molar-refractivity contribution in [2.24, 2.45) is 0 Å². The quantitative estimate of drug-likeness (QED) is 0.893. The van der Waals surface area contributed by atoms with Crippen LogP contribution in [0.15, 0.2) is 30.5 Å². The molecule has 5 heteroatoms. The average Bonchev–Trinajstić information content (AvgIpc) is 2.30. The lowest BCUT2D eigenvalue weighted by Gasteiger charge is -2.07. The van der Waals surface area contributed by atoms with Crippen molar-refractivity contribution < 1.29 is 14.2 Å². The van der Waals surface area contributed by atoms with Gasteiger partial charge in [0.2, 0.25) is 0 Å². The number of hydrogen-bond donors (Lipinski definition) is 1. The van der Waals surface area contributed by atoms with Gasteiger partial charge in [-0.05, 0) is 18.2 Å². The van der Waals surface area contributed by atoms with Gasteiger partial charge in [-0.25, -0.2) is 9.37 Å². The first-order valence-corrected chi connectivity index (χ1v) is 5.18. The highest BCUT2D eigenvalue weighted by Crippen LogP contribution is 2.32. The van der Waals surface area contributed by atoms with E-state index in [1.54, 1.807) is 6.07 Å². The van der Waals surface area contributed by atoms with E-state index >= 15 is 0 Å². The van der Waals surface area contributed by atoms with Crippen molar-refractivity contribution in [2.45, 2.75) is 0 Å². The summed E-state index contributed by atoms with van der Waals surface area (Å²) in [5.41, 5.74) is 0.342. The summed E-state index contributed by atoms with van der Waals surface area (Å²) in [6.45, 7) is 0. The lowest BCUT2D eigenvalue weighted by molar-refractivity contribution is 0.409. The molecule has 0 amide bonds. The standard InChI is InChI=1S/C12H9ClFNO2/c1-17-8-5-10(14)12(15-6-8)9-3-2-7(13)4-11(9)16/h2-6,16H,1H3. The average molecular weight is 254 g/mol. The zero-order valence-corrected chi connectivity index (χ0v) is 9.70. The van der Waals surface area contributed by atoms with E-state index in [0.717, 1.165) is 0 Å². The molecule has 1 heterocycles. The smallest absolute Gasteiger partial charge is 0.153 e. The number of aromatic hydroxyl groups is 1. The number of methoxy groups -OCH3 is 1. The van der Waals surface area contributed by atoms with E-state index in [-0.39, 0.29) is 17.0 Å². The highest BCUT2D eigenvalue weighted by Gasteiger charge is 2.12. The molecular formula is C12H9ClFNO2. The maximum Gasteiger partial charge on any atom is 0.153 e. The number of hydrogen-bond acceptors (Lipinski definition) is 3. The Balaban J connectivity index is 2.53. The largest absolute Gasteiger partial charge is 0.507 e. The number of phenolic OH excluding ortho intramolecular Hbond substituents is 1. The molecule has 0 saturated carbocycles. The second-order valence-electron chi connectivity index (χ2n) is 3.37. The van der Waals surface area contributed by atoms with Crippen LogP contribution in [0.25, 0.3) is 11.3 Å². The van der Waals surface area contributed by atoms with Gasteiger partial charge in [-0.15, -0.1) is 0 Å². The molecule has 0 fully saturated rings. The SMILES string of the molecule is COc1cnc(-c2ccc(Cl)cc2O)c(F)c1. The molecule has 17 heavy (non-hydrogen) atoms. The zero-order valence-electron chi connectivity index (χ0n) is 8.95. The molecular weight excluding hydrogens is 245 g/mol. The Kier molecular flexibility index (Phi) is 3.15. The van der Waals surface area contributed by atoms with Crippen LogP contribution in [-0.4, -0.2) is 17.2 Å². The van der Waals surface area contributed by atoms with E-state index in [1.165, 1.54) is 31.5 Å². The van der Waals surface area contributed by atoms with Gasteiger partial charge in [0.05, 0.1) is 13.3 Å². The third-order valence-corrected chi connectivity index (χ3v) is 2.50. The van der Waals surface area contributed by atoms with Crippen molar-refractivity contribution in [3.63, 3.8) is 0 Å². The minimum Gasteiger partial charge on any atom is -0.507 e. The minimum absolute atomic E-state index is 0.0555. The maximum absolute atomic E-state index is 13.7. The van der Waals surface area contributed by atoms with Crippen LogP contribution in [-0.2, 0) is 0 Å². The number of halogens is 2. The predicted octanol–water partition coefficient (Wildman–Crippen LogP) is 3.26. The van der Waals surface area contributed by atoms with Crippen LogP contribution in [0.1, 0.15) is 0 Å². The topological polar surface area (TPSA) is 42.4 Å². The van der Waals surface area contributed by atoms with Gasteiger partial charge in [0, 0.05) is 16.7 Å². The number of nitrogens with zero attached hydrogens (tertiary/aromatic N) is 1. The van der Waals surface area contributed by atoms with Gasteiger partial charge in [-0.1, -0.05) is 11.6 Å². The van der Waals surface area contributed by atoms with Crippen LogP contribution in [0.3, 0.4) is 0 Å². The first-order valence-electron chi connectivity index (χ1n) is 4.80. The molecule has 1 N–H and O–H groups in total. The van der Waals surface area contributed by atoms with Crippen molar-refractivity contribution in [1.29, 1.82) is 0 Å². The van der Waals surface area contributed by atoms with Crippen LogP contribution >= 0.6 is 11.6 Å². The second-order valence-corrected chi connectivity index (χ2v) is 3.80. The molecule has 2 rings (SSSR count). The van der Waals surface area contributed by atoms with Crippen molar-refractivity contribution >= 4 is 11.6 Å². The summed E-state index contributed by atoms with van der Waals surface area (Å²) in [7, 11) is 1.43. The fourth-order valence-electron chi connectivity index (χ4n) is 1.44. The Morgan fingerprint density at radius 1 is 1.35 bits per heavy atom. The monoisotopic (exact) mass is 253 g/mol. The third-order valence-electron chi connectivity index (χ3n) is 2.27. The number of pyridine rings is 1. The van der Waals surface area contributed by atoms with Gasteiger partial charge >= 0.3 is 0 Å². The summed E-state index contributed by atoms with van der Waals surface area (Å²) >= 11 is 5.70. The number of phenols is 1. The molecule has 88 valence electrons. The van der Waals surface area contributed by atoms with Gasteiger partial charge in [-0.3, -0.25) is 0 Å². The number of benzene rings is 1. The number of rotatable bonds is 2. The fraction of sp³-hybridized carbons (Fsp3) is 0.0833. The molecule has 0 bridgehead atoms. The lowest BCUT2D eigenvalue weighted by atomic mass is 10.1. The molecule has 0 radical (unpaired) electrons. The van der Waals surface area contributed by atoms with E-state index in [1.807, 2.05) is 0 Å². The molecule has 1 aromatic carbocycles. The summed E-state index contributed by atoms with van der Waals surface area (Å²) in [6, 6.07) is 5.61. The molecule has 0 unspecified atom stereocenters. The maximum atomic E-state index is 13.7. The normalized spacial score (nSPS) is 10.3. The van der Waals surface area contributed by atoms with Crippen LogP contribution in [0.4, 0.5) is 4.39 Å². The predicted molar refractivity (Wildman–Crippen MR) is 62.9 cm³/mol. The minimum atomic E-state index is -0.568. The Morgan fingerprint density at radius 2 is 2.12 bits per heavy atom. The fourth-order valence-corrected chi connectivity index (χ4v) is 1.60. The van der Waals surface area contributed by atoms with Crippen LogP contribution in [0.2, 0.25) is 5.02 Å². The number of ether oxygens (including phenoxy) is 1. The van der Waals surface area contributed by atoms with Crippen molar-refractivity contribution in [3.05, 3.63) is 41.3 Å². The molecule has 0 atom stereocenters. The van der Waals surface area contributed by atoms with E-state index in [9.17, 15) is 9.50 Å². The molecule has 3 nitrogen and oxygen atoms in total. The van der Waals surface area contributed by atoms with Crippen molar-refractivity contribution in [2.75, 3.05) is 7.11 Å². The first-order chi connectivity index (χ1) is 8.11. The molecule has 2 aromatic rings. The van der Waals surface area contributed by atoms with Crippen molar-refractivity contribution in [3.8, 4) is 22.8 Å². The molecule has 0 aliphatic heterocycles. The molecule has 0 spiro atoms. The Bertz CT molecular complexity index is 560. The first kappa shape index (κ1) is 11.7. The van der Waals surface area contributed by atoms with Gasteiger partial charge < -0.3 is 9.84 Å². The Labute approximate surface area is 102 Å². The highest BCUT2D eigenvalue weighted by molar-refractivity contribution is 6.30. The van der Waals surface area contributed by atoms with Crippen LogP contribution in [0.5, 0.6) is 11.5 Å². The summed E-state index contributed by atoms with van der Waals surface area (Å²) in [6.07, 6.45) is 1.38. The van der Waals surface area contributed by atoms with Gasteiger partial charge in [0.25, 0.3) is 0 Å². The van der Waals surface area contributed by atoms with E-state index in [2.05, 4.69) is 4.98 Å². The van der Waals surface area contributed by atoms with Gasteiger partial charge in [-0.2, -0.15) is 0 Å². The van der Waals surface area contributed by atoms with Crippen LogP contribution < -0.4 is 4.74 Å². The summed E-state index contributed by atoms with van der Waals surface area (Å²) in [5.74, 6) is -0.365. The summed E-state index contributed by atoms with van der Waals surface area (Å²) < 4.78 is 18.6. The second kappa shape index (κ2) is 4.59. The lowest BCUT2D eigenvalue weighted by Crippen LogP contribution is -1.92. The number of aromatic nitrogens is 1. The molecule has 0 aliphatic rings. The Hall–Kier alpha value is -1.81. The molecule has 1 aromatic heterocycles. The van der Waals surface area contributed by atoms with Crippen LogP contribution in [0, 0.1) is 5.82 Å². The van der Waals surface area contributed by atoms with Crippen molar-refractivity contribution in [1.82, 2.24) is 4.98 Å². The van der Waals surface area contributed by atoms with Gasteiger partial charge in [0.1, 0.15) is 17.2 Å². The highest BCUT2D eigenvalue weighted by atomic mass is 35.5. The molecule has 0 saturated heterocycles. The summed E-state index contributed by atoms with van der Waals surface area (Å²) in [4.78, 5) is 3.91. The zero-order chi connectivity index (χ0) is 12.4. The third kappa shape index (κ3) is 2.31. The summed E-state index contributed by atoms with van der Waals surface area (Å²) in [5, 5.41) is 10.0. The van der Waals surface area contributed by atoms with Gasteiger partial charge in [0.15, 0.2) is 5.82 Å². The Morgan fingerprint density at radius 3 is 2.71 bits per heavy atom. The molecule has 0 aliphatic carbocycles.